The van der Waals surface area contributed by atoms with Gasteiger partial charge in [-0.1, -0.05) is 77.4 Å². The van der Waals surface area contributed by atoms with Crippen LogP contribution >= 0.6 is 23.4 Å². The van der Waals surface area contributed by atoms with Crippen molar-refractivity contribution >= 4 is 41.2 Å². The smallest absolute Gasteiger partial charge is 0.344 e. The normalized spacial score (nSPS) is 38.7. The number of nitriles is 1. The molecule has 16 heteroatoms. The quantitative estimate of drug-likeness (QED) is 0.171. The molecule has 7 heterocycles. The van der Waals surface area contributed by atoms with Gasteiger partial charge in [-0.2, -0.15) is 14.7 Å². The lowest BCUT2D eigenvalue weighted by atomic mass is 9.49. The fraction of sp³-hybridized carbons (Fsp3) is 0.692. The minimum absolute atomic E-state index is 0.0368. The van der Waals surface area contributed by atoms with Crippen LogP contribution < -0.4 is 26.2 Å². The van der Waals surface area contributed by atoms with Gasteiger partial charge < -0.3 is 19.7 Å². The summed E-state index contributed by atoms with van der Waals surface area (Å²) in [7, 11) is 2.36. The van der Waals surface area contributed by atoms with Gasteiger partial charge in [0, 0.05) is 85.9 Å². The molecule has 2 aromatic rings. The minimum atomic E-state index is -0.312. The third-order valence-electron chi connectivity index (χ3n) is 17.4. The van der Waals surface area contributed by atoms with Crippen LogP contribution in [0.2, 0.25) is 5.02 Å². The molecule has 0 radical (unpaired) electrons. The lowest BCUT2D eigenvalue weighted by Crippen LogP contribution is -2.75. The van der Waals surface area contributed by atoms with Crippen molar-refractivity contribution in [3.8, 4) is 11.8 Å². The highest BCUT2D eigenvalue weighted by Gasteiger charge is 2.66. The zero-order valence-electron chi connectivity index (χ0n) is 41.8. The van der Waals surface area contributed by atoms with Crippen LogP contribution in [0.1, 0.15) is 84.9 Å². The molecule has 0 spiro atoms. The Labute approximate surface area is 414 Å². The number of likely N-dealkylation sites (N-methyl/N-ethyl adjacent to an activating group) is 1. The number of aliphatic imine (C=N–C) groups is 1. The third-order valence-corrected chi connectivity index (χ3v) is 19.4. The molecule has 1 saturated carbocycles. The fourth-order valence-electron chi connectivity index (χ4n) is 14.1. The number of hydrogen-bond donors (Lipinski definition) is 4. The lowest BCUT2D eigenvalue weighted by Gasteiger charge is -2.63. The molecule has 10 rings (SSSR count). The van der Waals surface area contributed by atoms with Crippen molar-refractivity contribution in [1.29, 1.82) is 5.26 Å². The molecule has 0 aromatic heterocycles. The van der Waals surface area contributed by atoms with Gasteiger partial charge in [0.1, 0.15) is 37.2 Å². The number of fused-ring (bicyclic) bond motifs is 5. The molecule has 12 atom stereocenters. The van der Waals surface area contributed by atoms with Gasteiger partial charge in [0.25, 0.3) is 0 Å². The molecule has 1 aliphatic carbocycles. The zero-order chi connectivity index (χ0) is 47.9. The van der Waals surface area contributed by atoms with Crippen LogP contribution in [-0.4, -0.2) is 167 Å². The van der Waals surface area contributed by atoms with Gasteiger partial charge in [-0.15, -0.1) is 11.8 Å². The maximum Gasteiger partial charge on any atom is 0.344 e. The number of amides is 1. The Bertz CT molecular complexity index is 2290. The van der Waals surface area contributed by atoms with E-state index >= 15 is 0 Å². The van der Waals surface area contributed by atoms with Gasteiger partial charge in [-0.05, 0) is 55.5 Å². The van der Waals surface area contributed by atoms with Crippen LogP contribution in [0.5, 0.6) is 5.75 Å². The van der Waals surface area contributed by atoms with Gasteiger partial charge in [0.15, 0.2) is 12.1 Å². The van der Waals surface area contributed by atoms with E-state index in [1.165, 1.54) is 16.8 Å². The Kier molecular flexibility index (Phi) is 13.4. The Hall–Kier alpha value is -3.14. The summed E-state index contributed by atoms with van der Waals surface area (Å²) in [5.41, 5.74) is 10.9. The number of hydrogen-bond acceptors (Lipinski definition) is 12. The number of nitrogens with zero attached hydrogens (tertiary/aromatic N) is 7. The van der Waals surface area contributed by atoms with Crippen LogP contribution in [0.4, 0.5) is 0 Å². The van der Waals surface area contributed by atoms with Crippen molar-refractivity contribution in [1.82, 2.24) is 36.2 Å². The highest BCUT2D eigenvalue weighted by molar-refractivity contribution is 8.00. The van der Waals surface area contributed by atoms with E-state index in [4.69, 9.17) is 26.1 Å². The van der Waals surface area contributed by atoms with Crippen molar-refractivity contribution in [2.75, 3.05) is 66.0 Å². The first-order valence-corrected chi connectivity index (χ1v) is 26.8. The molecular weight excluding hydrogens is 894 g/mol. The number of carbonyl (C=O) groups is 1. The number of halogens is 1. The van der Waals surface area contributed by atoms with Crippen molar-refractivity contribution in [2.24, 2.45) is 33.6 Å². The first-order valence-electron chi connectivity index (χ1n) is 25.5. The van der Waals surface area contributed by atoms with E-state index < -0.39 is 0 Å². The second-order valence-corrected chi connectivity index (χ2v) is 24.8. The number of nitrogens with one attached hydrogen (secondary N) is 4. The first kappa shape index (κ1) is 48.5. The summed E-state index contributed by atoms with van der Waals surface area (Å²) < 4.78 is 15.9. The van der Waals surface area contributed by atoms with Gasteiger partial charge in [0.05, 0.1) is 48.0 Å². The Morgan fingerprint density at radius 3 is 2.49 bits per heavy atom. The fourth-order valence-corrected chi connectivity index (χ4v) is 16.2. The minimum Gasteiger partial charge on any atom is -0.489 e. The Balaban J connectivity index is 0.735. The van der Waals surface area contributed by atoms with E-state index in [1.54, 1.807) is 18.2 Å². The standard InChI is InChI=1S/C52H75ClN11O3S/c1-31-29-64(9)30-38(46(65)57-48-51(5,6)49(52(48,7)8)67-39-17-16-37(27-54)40(53)25-39)28-62(31)50(64)61-22-20-60(21-23-61)19-10-11-35-12-14-36(15-13-35)44-43-32(2)33(3)68-47(43)63-34(4)58-59-45(63)41(56-44)26-42-55-18-24-66-42/h12-17,25,28,31-34,38,41-43,45,47-50,55,58-59H,10-11,18-24,26,29-30H2,1-9H3/q+1/p+1. The topological polar surface area (TPSA) is 133 Å². The average molecular weight is 971 g/mol. The summed E-state index contributed by atoms with van der Waals surface area (Å²) >= 11 is 8.46. The summed E-state index contributed by atoms with van der Waals surface area (Å²) in [4.78, 5) is 27.9. The number of hydrazine groups is 1. The maximum absolute atomic E-state index is 14.2. The molecule has 5 saturated heterocycles. The van der Waals surface area contributed by atoms with Crippen LogP contribution in [0.15, 0.2) is 47.5 Å². The van der Waals surface area contributed by atoms with Crippen LogP contribution in [0, 0.1) is 39.9 Å². The van der Waals surface area contributed by atoms with E-state index in [1.807, 2.05) is 0 Å². The van der Waals surface area contributed by atoms with Crippen molar-refractivity contribution in [3.63, 3.8) is 0 Å². The Morgan fingerprint density at radius 2 is 1.81 bits per heavy atom. The molecule has 14 nitrogen and oxygen atoms in total. The SMILES string of the molecule is CC1SC2C(C(c3ccc(CCCN4CCN(C5[N+]6=CC(C(=O)NC7C(C)(C)C(Oc8ccc(C#N)c(Cl)c8)C7(C)C)C[N+]5(C)CC6C)CC4)cc3)=NC(CC3NCCO3)C3NNC(C)N32)C1C. The van der Waals surface area contributed by atoms with Gasteiger partial charge in [-0.3, -0.25) is 20.0 Å². The molecule has 7 aliphatic heterocycles. The van der Waals surface area contributed by atoms with E-state index in [0.717, 1.165) is 82.7 Å². The number of thioether (sulfide) groups is 1. The number of ether oxygens (including phenoxy) is 2. The predicted octanol–water partition coefficient (Wildman–Crippen LogP) is 4.91. The average Bonchev–Trinajstić information content (AvgIpc) is 4.05. The number of benzene rings is 2. The third kappa shape index (κ3) is 8.74. The second kappa shape index (κ2) is 18.8. The summed E-state index contributed by atoms with van der Waals surface area (Å²) in [6.45, 7) is 26.9. The molecule has 8 aliphatic rings. The van der Waals surface area contributed by atoms with E-state index in [9.17, 15) is 10.1 Å². The van der Waals surface area contributed by atoms with Gasteiger partial charge in [-0.25, -0.2) is 15.3 Å². The lowest BCUT2D eigenvalue weighted by molar-refractivity contribution is -0.992. The maximum atomic E-state index is 14.2. The molecular formula is C52H76ClN11O3S+2. The molecule has 6 fully saturated rings. The molecule has 12 unspecified atom stereocenters. The van der Waals surface area contributed by atoms with Crippen LogP contribution in [0.3, 0.4) is 0 Å². The first-order chi connectivity index (χ1) is 32.5. The van der Waals surface area contributed by atoms with E-state index in [0.29, 0.717) is 44.8 Å². The second-order valence-electron chi connectivity index (χ2n) is 22.9. The predicted molar refractivity (Wildman–Crippen MR) is 269 cm³/mol. The van der Waals surface area contributed by atoms with E-state index in [-0.39, 0.29) is 65.7 Å². The van der Waals surface area contributed by atoms with Crippen LogP contribution in [-0.2, 0) is 16.0 Å². The van der Waals surface area contributed by atoms with Gasteiger partial charge >= 0.3 is 6.29 Å². The number of carbonyl (C=O) groups excluding carboxylic acids is 1. The Morgan fingerprint density at radius 1 is 1.06 bits per heavy atom. The monoisotopic (exact) mass is 970 g/mol. The molecule has 68 heavy (non-hydrogen) atoms. The largest absolute Gasteiger partial charge is 0.489 e. The number of piperazine rings is 1. The van der Waals surface area contributed by atoms with E-state index in [2.05, 4.69) is 152 Å². The molecule has 2 aromatic carbocycles. The molecule has 368 valence electrons. The van der Waals surface area contributed by atoms with Crippen LogP contribution in [0.25, 0.3) is 0 Å². The molecule has 2 bridgehead atoms. The zero-order valence-corrected chi connectivity index (χ0v) is 43.3. The number of rotatable bonds is 12. The number of quaternary nitrogens is 1. The highest BCUT2D eigenvalue weighted by Crippen LogP contribution is 2.56. The van der Waals surface area contributed by atoms with Crippen molar-refractivity contribution in [2.45, 2.75) is 134 Å². The molecule has 1 amide bonds. The summed E-state index contributed by atoms with van der Waals surface area (Å²) in [5.74, 6) is 1.41. The highest BCUT2D eigenvalue weighted by atomic mass is 35.5. The summed E-state index contributed by atoms with van der Waals surface area (Å²) in [6, 6.07) is 17.1. The van der Waals surface area contributed by atoms with Crippen molar-refractivity contribution in [3.05, 3.63) is 64.2 Å². The van der Waals surface area contributed by atoms with Gasteiger partial charge in [0.2, 0.25) is 11.9 Å². The summed E-state index contributed by atoms with van der Waals surface area (Å²) in [5, 5.41) is 17.7. The molecule has 4 N–H and O–H groups in total. The number of aryl methyl sites for hydroxylation is 1. The summed E-state index contributed by atoms with van der Waals surface area (Å²) in [6.07, 6.45) is 5.80. The van der Waals surface area contributed by atoms with Crippen molar-refractivity contribution < 1.29 is 23.3 Å².